The zero-order valence-corrected chi connectivity index (χ0v) is 14.8. The first kappa shape index (κ1) is 15.6. The molecule has 2 aliphatic carbocycles. The highest BCUT2D eigenvalue weighted by atomic mass is 32.2. The smallest absolute Gasteiger partial charge is 0.177 e. The van der Waals surface area contributed by atoms with E-state index in [1.165, 1.54) is 29.2 Å². The molecule has 2 atom stereocenters. The molecule has 24 heavy (non-hydrogen) atoms. The highest BCUT2D eigenvalue weighted by Crippen LogP contribution is 2.68. The molecule has 1 saturated carbocycles. The van der Waals surface area contributed by atoms with Crippen LogP contribution in [0.3, 0.4) is 0 Å². The van der Waals surface area contributed by atoms with Crippen molar-refractivity contribution in [3.05, 3.63) is 65.5 Å². The van der Waals surface area contributed by atoms with Crippen molar-refractivity contribution in [2.24, 2.45) is 5.41 Å². The predicted molar refractivity (Wildman–Crippen MR) is 95.5 cm³/mol. The summed E-state index contributed by atoms with van der Waals surface area (Å²) < 4.78 is 23.1. The Bertz CT molecular complexity index is 911. The molecule has 0 N–H and O–H groups in total. The molecular weight excluding hydrogens is 318 g/mol. The molecule has 124 valence electrons. The van der Waals surface area contributed by atoms with E-state index in [9.17, 15) is 8.42 Å². The largest absolute Gasteiger partial charge is 0.260 e. The van der Waals surface area contributed by atoms with Crippen molar-refractivity contribution in [3.63, 3.8) is 0 Å². The van der Waals surface area contributed by atoms with Gasteiger partial charge in [0.25, 0.3) is 0 Å². The SMILES string of the molecule is Cc1ccc(C2=CCC3(C2)CC3c2ccc(S(C)(=O)=O)cn2)cc1. The maximum atomic E-state index is 11.6. The van der Waals surface area contributed by atoms with E-state index in [1.54, 1.807) is 6.07 Å². The minimum absolute atomic E-state index is 0.297. The van der Waals surface area contributed by atoms with Crippen molar-refractivity contribution in [1.29, 1.82) is 0 Å². The first-order valence-electron chi connectivity index (χ1n) is 8.29. The minimum atomic E-state index is -3.17. The number of hydrogen-bond donors (Lipinski definition) is 0. The summed E-state index contributed by atoms with van der Waals surface area (Å²) in [6, 6.07) is 12.3. The first-order chi connectivity index (χ1) is 11.4. The van der Waals surface area contributed by atoms with E-state index >= 15 is 0 Å². The number of aryl methyl sites for hydroxylation is 1. The van der Waals surface area contributed by atoms with Crippen LogP contribution in [0.2, 0.25) is 0 Å². The van der Waals surface area contributed by atoms with Gasteiger partial charge < -0.3 is 0 Å². The van der Waals surface area contributed by atoms with Crippen molar-refractivity contribution in [2.75, 3.05) is 6.26 Å². The van der Waals surface area contributed by atoms with E-state index in [1.807, 2.05) is 6.07 Å². The lowest BCUT2D eigenvalue weighted by molar-refractivity contribution is 0.535. The van der Waals surface area contributed by atoms with Crippen molar-refractivity contribution < 1.29 is 8.42 Å². The topological polar surface area (TPSA) is 47.0 Å². The number of rotatable bonds is 3. The highest BCUT2D eigenvalue weighted by molar-refractivity contribution is 7.90. The van der Waals surface area contributed by atoms with Gasteiger partial charge >= 0.3 is 0 Å². The summed E-state index contributed by atoms with van der Waals surface area (Å²) in [5, 5.41) is 0. The molecule has 1 spiro atoms. The lowest BCUT2D eigenvalue weighted by Gasteiger charge is -2.11. The molecule has 4 rings (SSSR count). The van der Waals surface area contributed by atoms with Crippen LogP contribution in [0.5, 0.6) is 0 Å². The second kappa shape index (κ2) is 5.28. The quantitative estimate of drug-likeness (QED) is 0.844. The average molecular weight is 339 g/mol. The fourth-order valence-corrected chi connectivity index (χ4v) is 4.40. The van der Waals surface area contributed by atoms with Crippen LogP contribution in [-0.4, -0.2) is 19.7 Å². The lowest BCUT2D eigenvalue weighted by Crippen LogP contribution is -2.02. The highest BCUT2D eigenvalue weighted by Gasteiger charge is 2.56. The summed E-state index contributed by atoms with van der Waals surface area (Å²) in [4.78, 5) is 4.73. The summed E-state index contributed by atoms with van der Waals surface area (Å²) in [5.41, 5.74) is 5.38. The molecule has 4 heteroatoms. The van der Waals surface area contributed by atoms with Gasteiger partial charge in [-0.3, -0.25) is 4.98 Å². The van der Waals surface area contributed by atoms with Gasteiger partial charge in [-0.15, -0.1) is 0 Å². The summed E-state index contributed by atoms with van der Waals surface area (Å²) >= 11 is 0. The third-order valence-corrected chi connectivity index (χ3v) is 6.55. The monoisotopic (exact) mass is 339 g/mol. The molecule has 1 fully saturated rings. The van der Waals surface area contributed by atoms with Gasteiger partial charge in [0.1, 0.15) is 0 Å². The third kappa shape index (κ3) is 2.69. The van der Waals surface area contributed by atoms with E-state index in [2.05, 4.69) is 42.2 Å². The van der Waals surface area contributed by atoms with Crippen molar-refractivity contribution >= 4 is 15.4 Å². The number of hydrogen-bond acceptors (Lipinski definition) is 3. The molecule has 1 aromatic carbocycles. The van der Waals surface area contributed by atoms with Gasteiger partial charge in [-0.05, 0) is 54.9 Å². The number of aromatic nitrogens is 1. The van der Waals surface area contributed by atoms with Crippen molar-refractivity contribution in [2.45, 2.75) is 37.0 Å². The fraction of sp³-hybridized carbons (Fsp3) is 0.350. The van der Waals surface area contributed by atoms with Crippen LogP contribution in [0, 0.1) is 12.3 Å². The van der Waals surface area contributed by atoms with Gasteiger partial charge in [0.15, 0.2) is 9.84 Å². The van der Waals surface area contributed by atoms with Crippen molar-refractivity contribution in [1.82, 2.24) is 4.98 Å². The molecule has 3 nitrogen and oxygen atoms in total. The normalized spacial score (nSPS) is 25.8. The Morgan fingerprint density at radius 2 is 1.88 bits per heavy atom. The Balaban J connectivity index is 1.50. The Hall–Kier alpha value is -1.94. The molecule has 0 amide bonds. The Morgan fingerprint density at radius 1 is 1.12 bits per heavy atom. The zero-order valence-electron chi connectivity index (χ0n) is 14.0. The molecule has 0 bridgehead atoms. The van der Waals surface area contributed by atoms with Crippen LogP contribution in [0.1, 0.15) is 42.0 Å². The van der Waals surface area contributed by atoms with Crippen molar-refractivity contribution in [3.8, 4) is 0 Å². The minimum Gasteiger partial charge on any atom is -0.260 e. The first-order valence-corrected chi connectivity index (χ1v) is 10.2. The molecule has 2 aliphatic rings. The Kier molecular flexibility index (Phi) is 3.43. The molecule has 0 aliphatic heterocycles. The second-order valence-corrected chi connectivity index (χ2v) is 9.30. The average Bonchev–Trinajstić information content (AvgIpc) is 3.08. The molecule has 1 heterocycles. The summed E-state index contributed by atoms with van der Waals surface area (Å²) in [6.45, 7) is 2.11. The van der Waals surface area contributed by atoms with Crippen LogP contribution in [-0.2, 0) is 9.84 Å². The van der Waals surface area contributed by atoms with Gasteiger partial charge in [-0.2, -0.15) is 0 Å². The summed E-state index contributed by atoms with van der Waals surface area (Å²) in [6.07, 6.45) is 8.42. The van der Waals surface area contributed by atoms with Crippen LogP contribution >= 0.6 is 0 Å². The Morgan fingerprint density at radius 3 is 2.50 bits per heavy atom. The fourth-order valence-electron chi connectivity index (χ4n) is 3.84. The van der Waals surface area contributed by atoms with Gasteiger partial charge in [0.2, 0.25) is 0 Å². The number of nitrogens with zero attached hydrogens (tertiary/aromatic N) is 1. The number of pyridine rings is 1. The molecule has 2 unspecified atom stereocenters. The van der Waals surface area contributed by atoms with Gasteiger partial charge in [0, 0.05) is 24.1 Å². The van der Waals surface area contributed by atoms with E-state index in [0.717, 1.165) is 25.0 Å². The maximum Gasteiger partial charge on any atom is 0.177 e. The molecule has 0 saturated heterocycles. The number of allylic oxidation sites excluding steroid dienone is 2. The van der Waals surface area contributed by atoms with Crippen LogP contribution in [0.25, 0.3) is 5.57 Å². The van der Waals surface area contributed by atoms with Crippen LogP contribution < -0.4 is 0 Å². The van der Waals surface area contributed by atoms with Gasteiger partial charge in [-0.1, -0.05) is 35.9 Å². The number of benzene rings is 1. The van der Waals surface area contributed by atoms with E-state index in [4.69, 9.17) is 0 Å². The van der Waals surface area contributed by atoms with E-state index in [0.29, 0.717) is 16.2 Å². The lowest BCUT2D eigenvalue weighted by atomic mass is 9.95. The van der Waals surface area contributed by atoms with E-state index in [-0.39, 0.29) is 0 Å². The summed E-state index contributed by atoms with van der Waals surface area (Å²) in [7, 11) is -3.17. The third-order valence-electron chi connectivity index (χ3n) is 5.45. The Labute approximate surface area is 143 Å². The standard InChI is InChI=1S/C20H21NO2S/c1-14-3-5-15(6-4-14)16-9-10-20(11-16)12-18(20)19-8-7-17(13-21-19)24(2,22)23/h3-9,13,18H,10-12H2,1-2H3. The molecule has 1 aromatic heterocycles. The number of sulfone groups is 1. The second-order valence-electron chi connectivity index (χ2n) is 7.29. The zero-order chi connectivity index (χ0) is 16.9. The van der Waals surface area contributed by atoms with Gasteiger partial charge in [-0.25, -0.2) is 8.42 Å². The predicted octanol–water partition coefficient (Wildman–Crippen LogP) is 4.14. The van der Waals surface area contributed by atoms with Crippen LogP contribution in [0.4, 0.5) is 0 Å². The van der Waals surface area contributed by atoms with Crippen LogP contribution in [0.15, 0.2) is 53.6 Å². The van der Waals surface area contributed by atoms with E-state index < -0.39 is 9.84 Å². The molecular formula is C20H21NO2S. The summed E-state index contributed by atoms with van der Waals surface area (Å²) in [5.74, 6) is 0.449. The molecule has 0 radical (unpaired) electrons. The maximum absolute atomic E-state index is 11.6. The van der Waals surface area contributed by atoms with Gasteiger partial charge in [0.05, 0.1) is 4.90 Å². The molecule has 2 aromatic rings.